The van der Waals surface area contributed by atoms with Crippen LogP contribution in [0, 0.1) is 5.92 Å². The predicted molar refractivity (Wildman–Crippen MR) is 68.9 cm³/mol. The molecule has 2 rings (SSSR count). The molecule has 0 aromatic rings. The molecule has 1 amide bonds. The van der Waals surface area contributed by atoms with Gasteiger partial charge in [-0.05, 0) is 45.7 Å². The minimum Gasteiger partial charge on any atom is -0.480 e. The lowest BCUT2D eigenvalue weighted by Crippen LogP contribution is -2.45. The highest BCUT2D eigenvalue weighted by Gasteiger charge is 2.39. The van der Waals surface area contributed by atoms with Gasteiger partial charge in [-0.25, -0.2) is 9.59 Å². The molecule has 0 saturated carbocycles. The molecule has 0 aliphatic carbocycles. The van der Waals surface area contributed by atoms with E-state index in [-0.39, 0.29) is 6.61 Å². The van der Waals surface area contributed by atoms with Crippen molar-refractivity contribution in [2.75, 3.05) is 26.2 Å². The molecule has 0 radical (unpaired) electrons. The van der Waals surface area contributed by atoms with Gasteiger partial charge in [-0.1, -0.05) is 0 Å². The number of carboxylic acids is 1. The Morgan fingerprint density at radius 3 is 2.58 bits per heavy atom. The molecule has 2 aliphatic rings. The third kappa shape index (κ3) is 3.18. The van der Waals surface area contributed by atoms with Crippen LogP contribution < -0.4 is 0 Å². The number of carboxylic acid groups (broad SMARTS) is 1. The number of ether oxygens (including phenoxy) is 1. The summed E-state index contributed by atoms with van der Waals surface area (Å²) in [6.07, 6.45) is 1.53. The molecule has 2 aliphatic heterocycles. The molecule has 2 fully saturated rings. The molecular weight excluding hydrogens is 248 g/mol. The first-order chi connectivity index (χ1) is 8.99. The third-order valence-electron chi connectivity index (χ3n) is 4.09. The fourth-order valence-electron chi connectivity index (χ4n) is 2.79. The van der Waals surface area contributed by atoms with Gasteiger partial charge in [0.1, 0.15) is 6.61 Å². The van der Waals surface area contributed by atoms with Crippen molar-refractivity contribution in [3.05, 3.63) is 0 Å². The molecule has 2 saturated heterocycles. The Morgan fingerprint density at radius 1 is 1.42 bits per heavy atom. The number of aliphatic carboxylic acids is 1. The second-order valence-electron chi connectivity index (χ2n) is 5.66. The van der Waals surface area contributed by atoms with E-state index in [0.29, 0.717) is 18.5 Å². The number of hydrogen-bond acceptors (Lipinski definition) is 4. The average molecular weight is 270 g/mol. The first-order valence-corrected chi connectivity index (χ1v) is 6.89. The van der Waals surface area contributed by atoms with Gasteiger partial charge in [-0.2, -0.15) is 0 Å². The Bertz CT molecular complexity index is 351. The molecule has 19 heavy (non-hydrogen) atoms. The van der Waals surface area contributed by atoms with Gasteiger partial charge in [0.05, 0.1) is 0 Å². The van der Waals surface area contributed by atoms with Gasteiger partial charge in [-0.15, -0.1) is 0 Å². The summed E-state index contributed by atoms with van der Waals surface area (Å²) in [7, 11) is 0. The third-order valence-corrected chi connectivity index (χ3v) is 4.09. The average Bonchev–Trinajstić information content (AvgIpc) is 2.72. The highest BCUT2D eigenvalue weighted by atomic mass is 16.6. The zero-order valence-electron chi connectivity index (χ0n) is 11.5. The second kappa shape index (κ2) is 5.77. The molecule has 0 aromatic carbocycles. The smallest absolute Gasteiger partial charge is 0.410 e. The lowest BCUT2D eigenvalue weighted by atomic mass is 9.95. The molecular formula is C13H22N2O4. The minimum absolute atomic E-state index is 0.0288. The Balaban J connectivity index is 1.87. The summed E-state index contributed by atoms with van der Waals surface area (Å²) in [6.45, 7) is 6.86. The first-order valence-electron chi connectivity index (χ1n) is 6.89. The van der Waals surface area contributed by atoms with Crippen LogP contribution in [0.15, 0.2) is 0 Å². The Labute approximate surface area is 113 Å². The van der Waals surface area contributed by atoms with Crippen molar-refractivity contribution in [1.29, 1.82) is 0 Å². The van der Waals surface area contributed by atoms with Gasteiger partial charge in [0.2, 0.25) is 0 Å². The summed E-state index contributed by atoms with van der Waals surface area (Å²) < 4.78 is 4.84. The maximum absolute atomic E-state index is 11.6. The summed E-state index contributed by atoms with van der Waals surface area (Å²) >= 11 is 0. The van der Waals surface area contributed by atoms with Crippen molar-refractivity contribution in [3.8, 4) is 0 Å². The van der Waals surface area contributed by atoms with Crippen LogP contribution in [-0.2, 0) is 9.53 Å². The number of rotatable bonds is 4. The van der Waals surface area contributed by atoms with Crippen LogP contribution in [-0.4, -0.2) is 65.3 Å². The molecule has 0 spiro atoms. The van der Waals surface area contributed by atoms with Gasteiger partial charge in [0.15, 0.2) is 6.04 Å². The number of nitrogens with zero attached hydrogens (tertiary/aromatic N) is 2. The summed E-state index contributed by atoms with van der Waals surface area (Å²) in [6, 6.07) is -0.264. The fourth-order valence-corrected chi connectivity index (χ4v) is 2.79. The van der Waals surface area contributed by atoms with Crippen molar-refractivity contribution in [1.82, 2.24) is 9.80 Å². The number of likely N-dealkylation sites (tertiary alicyclic amines) is 1. The van der Waals surface area contributed by atoms with Gasteiger partial charge in [0.25, 0.3) is 0 Å². The quantitative estimate of drug-likeness (QED) is 0.825. The minimum atomic E-state index is -0.981. The molecule has 6 nitrogen and oxygen atoms in total. The van der Waals surface area contributed by atoms with E-state index in [4.69, 9.17) is 9.84 Å². The highest BCUT2D eigenvalue weighted by molar-refractivity contribution is 5.82. The van der Waals surface area contributed by atoms with E-state index >= 15 is 0 Å². The standard InChI is InChI=1S/C13H22N2O4/c1-9(2)14-5-3-10(4-6-14)7-15-11(12(16)17)8-19-13(15)18/h9-11H,3-8H2,1-2H3,(H,16,17). The fraction of sp³-hybridized carbons (Fsp3) is 0.846. The normalized spacial score (nSPS) is 25.9. The SMILES string of the molecule is CC(C)N1CCC(CN2C(=O)OCC2C(=O)O)CC1. The van der Waals surface area contributed by atoms with Crippen molar-refractivity contribution in [3.63, 3.8) is 0 Å². The summed E-state index contributed by atoms with van der Waals surface area (Å²) in [5, 5.41) is 9.06. The maximum atomic E-state index is 11.6. The summed E-state index contributed by atoms with van der Waals surface area (Å²) in [5.74, 6) is -0.604. The van der Waals surface area contributed by atoms with Gasteiger partial charge in [0, 0.05) is 12.6 Å². The molecule has 1 unspecified atom stereocenters. The van der Waals surface area contributed by atoms with E-state index in [1.165, 1.54) is 4.90 Å². The zero-order chi connectivity index (χ0) is 14.0. The van der Waals surface area contributed by atoms with Crippen molar-refractivity contribution < 1.29 is 19.4 Å². The van der Waals surface area contributed by atoms with Gasteiger partial charge < -0.3 is 14.7 Å². The summed E-state index contributed by atoms with van der Waals surface area (Å²) in [5.41, 5.74) is 0. The van der Waals surface area contributed by atoms with Crippen molar-refractivity contribution in [2.45, 2.75) is 38.8 Å². The monoisotopic (exact) mass is 270 g/mol. The number of carbonyl (C=O) groups excluding carboxylic acids is 1. The van der Waals surface area contributed by atoms with Crippen LogP contribution >= 0.6 is 0 Å². The maximum Gasteiger partial charge on any atom is 0.410 e. The van der Waals surface area contributed by atoms with Crippen molar-refractivity contribution >= 4 is 12.1 Å². The Morgan fingerprint density at radius 2 is 2.05 bits per heavy atom. The largest absolute Gasteiger partial charge is 0.480 e. The Hall–Kier alpha value is -1.30. The number of cyclic esters (lactones) is 1. The van der Waals surface area contributed by atoms with E-state index < -0.39 is 18.1 Å². The number of amides is 1. The summed E-state index contributed by atoms with van der Waals surface area (Å²) in [4.78, 5) is 26.4. The van der Waals surface area contributed by atoms with E-state index in [9.17, 15) is 9.59 Å². The van der Waals surface area contributed by atoms with Gasteiger partial charge in [-0.3, -0.25) is 4.90 Å². The highest BCUT2D eigenvalue weighted by Crippen LogP contribution is 2.23. The van der Waals surface area contributed by atoms with E-state index in [0.717, 1.165) is 25.9 Å². The lowest BCUT2D eigenvalue weighted by Gasteiger charge is -2.36. The van der Waals surface area contributed by atoms with E-state index in [1.54, 1.807) is 0 Å². The van der Waals surface area contributed by atoms with Crippen LogP contribution in [0.4, 0.5) is 4.79 Å². The molecule has 1 atom stereocenters. The molecule has 108 valence electrons. The lowest BCUT2D eigenvalue weighted by molar-refractivity contribution is -0.141. The van der Waals surface area contributed by atoms with Crippen LogP contribution in [0.25, 0.3) is 0 Å². The first kappa shape index (κ1) is 14.1. The number of hydrogen-bond donors (Lipinski definition) is 1. The van der Waals surface area contributed by atoms with E-state index in [2.05, 4.69) is 18.7 Å². The molecule has 0 aromatic heterocycles. The molecule has 0 bridgehead atoms. The molecule has 2 heterocycles. The number of piperidine rings is 1. The van der Waals surface area contributed by atoms with E-state index in [1.807, 2.05) is 0 Å². The predicted octanol–water partition coefficient (Wildman–Crippen LogP) is 1.01. The van der Waals surface area contributed by atoms with Crippen LogP contribution in [0.1, 0.15) is 26.7 Å². The molecule has 6 heteroatoms. The zero-order valence-corrected chi connectivity index (χ0v) is 11.5. The number of carbonyl (C=O) groups is 2. The van der Waals surface area contributed by atoms with Crippen LogP contribution in [0.5, 0.6) is 0 Å². The Kier molecular flexibility index (Phi) is 4.29. The second-order valence-corrected chi connectivity index (χ2v) is 5.66. The van der Waals surface area contributed by atoms with Crippen molar-refractivity contribution in [2.24, 2.45) is 5.92 Å². The topological polar surface area (TPSA) is 70.1 Å². The van der Waals surface area contributed by atoms with Crippen LogP contribution in [0.3, 0.4) is 0 Å². The molecule has 1 N–H and O–H groups in total. The van der Waals surface area contributed by atoms with Gasteiger partial charge >= 0.3 is 12.1 Å². The van der Waals surface area contributed by atoms with Crippen LogP contribution in [0.2, 0.25) is 0 Å².